The summed E-state index contributed by atoms with van der Waals surface area (Å²) in [4.78, 5) is 28.1. The number of fused-ring (bicyclic) bond motifs is 1. The first kappa shape index (κ1) is 27.2. The quantitative estimate of drug-likeness (QED) is 0.515. The predicted octanol–water partition coefficient (Wildman–Crippen LogP) is 2.92. The Hall–Kier alpha value is -3.40. The maximum atomic E-state index is 13.6. The number of benzene rings is 2. The van der Waals surface area contributed by atoms with Gasteiger partial charge in [-0.15, -0.1) is 0 Å². The van der Waals surface area contributed by atoms with Crippen molar-refractivity contribution in [1.82, 2.24) is 4.90 Å². The van der Waals surface area contributed by atoms with Crippen molar-refractivity contribution in [2.75, 3.05) is 27.2 Å². The molecule has 208 valence electrons. The summed E-state index contributed by atoms with van der Waals surface area (Å²) >= 11 is 0. The van der Waals surface area contributed by atoms with Gasteiger partial charge in [-0.25, -0.2) is 4.79 Å². The third-order valence-electron chi connectivity index (χ3n) is 8.67. The molecule has 0 unspecified atom stereocenters. The van der Waals surface area contributed by atoms with E-state index in [1.165, 1.54) is 0 Å². The van der Waals surface area contributed by atoms with Crippen LogP contribution in [0.1, 0.15) is 49.0 Å². The second-order valence-corrected chi connectivity index (χ2v) is 10.6. The number of aryl methyl sites for hydroxylation is 1. The molecule has 0 radical (unpaired) electrons. The molecule has 0 amide bonds. The van der Waals surface area contributed by atoms with Crippen LogP contribution >= 0.6 is 0 Å². The Morgan fingerprint density at radius 2 is 1.97 bits per heavy atom. The highest BCUT2D eigenvalue weighted by Gasteiger charge is 2.69. The van der Waals surface area contributed by atoms with E-state index < -0.39 is 35.2 Å². The van der Waals surface area contributed by atoms with Gasteiger partial charge in [-0.1, -0.05) is 36.4 Å². The van der Waals surface area contributed by atoms with E-state index in [9.17, 15) is 14.7 Å². The summed E-state index contributed by atoms with van der Waals surface area (Å²) in [5.74, 6) is 0.0469. The molecular weight excluding hydrogens is 500 g/mol. The lowest BCUT2D eigenvalue weighted by Crippen LogP contribution is -2.71. The second kappa shape index (κ2) is 10.3. The fourth-order valence-electron chi connectivity index (χ4n) is 6.51. The Balaban J connectivity index is 1.56. The van der Waals surface area contributed by atoms with Crippen LogP contribution < -0.4 is 15.2 Å². The van der Waals surface area contributed by atoms with Gasteiger partial charge in [-0.3, -0.25) is 4.79 Å². The summed E-state index contributed by atoms with van der Waals surface area (Å²) in [6, 6.07) is 12.3. The zero-order chi connectivity index (χ0) is 27.9. The number of piperidine rings is 1. The Labute approximate surface area is 228 Å². The summed E-state index contributed by atoms with van der Waals surface area (Å²) in [5, 5.41) is 12.4. The van der Waals surface area contributed by atoms with E-state index in [1.807, 2.05) is 39.1 Å². The molecule has 0 bridgehead atoms. The highest BCUT2D eigenvalue weighted by Crippen LogP contribution is 2.62. The van der Waals surface area contributed by atoms with Crippen molar-refractivity contribution >= 4 is 11.9 Å². The van der Waals surface area contributed by atoms with Crippen LogP contribution in [0.25, 0.3) is 0 Å². The van der Waals surface area contributed by atoms with Gasteiger partial charge in [0.1, 0.15) is 5.76 Å². The molecule has 3 aliphatic rings. The second-order valence-electron chi connectivity index (χ2n) is 10.6. The van der Waals surface area contributed by atoms with Gasteiger partial charge in [0.25, 0.3) is 0 Å². The summed E-state index contributed by atoms with van der Waals surface area (Å²) in [6.45, 7) is 4.82. The monoisotopic (exact) mass is 536 g/mol. The lowest BCUT2D eigenvalue weighted by Gasteiger charge is -2.58. The number of aliphatic hydroxyl groups is 1. The van der Waals surface area contributed by atoms with E-state index in [2.05, 4.69) is 4.90 Å². The van der Waals surface area contributed by atoms with Crippen LogP contribution in [0.2, 0.25) is 0 Å². The molecule has 2 aromatic carbocycles. The fourth-order valence-corrected chi connectivity index (χ4v) is 6.51. The third kappa shape index (κ3) is 4.20. The highest BCUT2D eigenvalue weighted by atomic mass is 16.6. The van der Waals surface area contributed by atoms with Gasteiger partial charge in [0.05, 0.1) is 24.5 Å². The van der Waals surface area contributed by atoms with Gasteiger partial charge in [-0.05, 0) is 51.6 Å². The van der Waals surface area contributed by atoms with Crippen molar-refractivity contribution < 1.29 is 33.6 Å². The van der Waals surface area contributed by atoms with Gasteiger partial charge in [0.2, 0.25) is 6.10 Å². The number of likely N-dealkylation sites (tertiary alicyclic amines) is 1. The number of nitrogens with zero attached hydrogens (tertiary/aromatic N) is 1. The van der Waals surface area contributed by atoms with Gasteiger partial charge < -0.3 is 34.7 Å². The van der Waals surface area contributed by atoms with E-state index in [0.29, 0.717) is 30.0 Å². The molecular formula is C30H36N2O7. The Kier molecular flexibility index (Phi) is 7.17. The van der Waals surface area contributed by atoms with Gasteiger partial charge in [0, 0.05) is 30.1 Å². The molecule has 2 aromatic rings. The lowest BCUT2D eigenvalue weighted by atomic mass is 9.54. The van der Waals surface area contributed by atoms with E-state index in [-0.39, 0.29) is 31.2 Å². The molecule has 39 heavy (non-hydrogen) atoms. The molecule has 5 atom stereocenters. The smallest absolute Gasteiger partial charge is 0.357 e. The van der Waals surface area contributed by atoms with Crippen molar-refractivity contribution in [3.05, 3.63) is 71.0 Å². The first-order valence-electron chi connectivity index (χ1n) is 13.3. The lowest BCUT2D eigenvalue weighted by molar-refractivity contribution is -0.173. The highest BCUT2D eigenvalue weighted by molar-refractivity contribution is 5.82. The van der Waals surface area contributed by atoms with Crippen LogP contribution in [-0.4, -0.2) is 66.9 Å². The zero-order valence-electron chi connectivity index (χ0n) is 22.8. The molecule has 9 nitrogen and oxygen atoms in total. The number of esters is 2. The topological polar surface area (TPSA) is 121 Å². The average Bonchev–Trinajstić information content (AvgIpc) is 3.29. The molecule has 3 N–H and O–H groups in total. The van der Waals surface area contributed by atoms with Crippen molar-refractivity contribution in [3.63, 3.8) is 0 Å². The largest absolute Gasteiger partial charge is 0.493 e. The average molecular weight is 537 g/mol. The number of rotatable bonds is 7. The number of hydrogen-bond acceptors (Lipinski definition) is 9. The van der Waals surface area contributed by atoms with Crippen LogP contribution in [0, 0.1) is 6.92 Å². The van der Waals surface area contributed by atoms with Crippen molar-refractivity contribution in [3.8, 4) is 11.5 Å². The number of carbonyl (C=O) groups is 2. The minimum absolute atomic E-state index is 0.0268. The van der Waals surface area contributed by atoms with Crippen LogP contribution in [0.3, 0.4) is 0 Å². The standard InChI is InChI=1S/C30H36N2O7/c1-18-10-11-21(36-4)26-24(18)29-15-17-32(3)19(2)30(29,35)14-12-22(27(29)39-26)37-28(34)25(38-23(33)13-16-31)20-8-6-5-7-9-20/h5-12,19,25,27,35H,13-17,31H2,1-4H3/t19-,25+,27+,29+,30-/m1/s1. The number of carbonyl (C=O) groups excluding carboxylic acids is 2. The van der Waals surface area contributed by atoms with Gasteiger partial charge in [0.15, 0.2) is 17.6 Å². The number of nitrogens with two attached hydrogens (primary N) is 1. The summed E-state index contributed by atoms with van der Waals surface area (Å²) < 4.78 is 23.8. The molecule has 1 fully saturated rings. The van der Waals surface area contributed by atoms with Crippen LogP contribution in [0.4, 0.5) is 0 Å². The third-order valence-corrected chi connectivity index (χ3v) is 8.67. The minimum atomic E-state index is -1.28. The fraction of sp³-hybridized carbons (Fsp3) is 0.467. The van der Waals surface area contributed by atoms with E-state index in [1.54, 1.807) is 37.5 Å². The van der Waals surface area contributed by atoms with Crippen molar-refractivity contribution in [2.24, 2.45) is 5.73 Å². The Morgan fingerprint density at radius 3 is 2.67 bits per heavy atom. The van der Waals surface area contributed by atoms with Gasteiger partial charge >= 0.3 is 11.9 Å². The van der Waals surface area contributed by atoms with E-state index in [4.69, 9.17) is 24.7 Å². The van der Waals surface area contributed by atoms with Crippen LogP contribution in [0.5, 0.6) is 11.5 Å². The number of hydrogen-bond donors (Lipinski definition) is 2. The van der Waals surface area contributed by atoms with Crippen LogP contribution in [0.15, 0.2) is 54.3 Å². The molecule has 1 aliphatic carbocycles. The number of likely N-dealkylation sites (N-methyl/N-ethyl adjacent to an activating group) is 1. The molecule has 2 heterocycles. The Morgan fingerprint density at radius 1 is 1.23 bits per heavy atom. The number of methoxy groups -OCH3 is 1. The van der Waals surface area contributed by atoms with E-state index in [0.717, 1.165) is 11.1 Å². The predicted molar refractivity (Wildman–Crippen MR) is 143 cm³/mol. The van der Waals surface area contributed by atoms with Crippen molar-refractivity contribution in [2.45, 2.75) is 62.4 Å². The normalized spacial score (nSPS) is 28.2. The molecule has 9 heteroatoms. The minimum Gasteiger partial charge on any atom is -0.493 e. The maximum absolute atomic E-state index is 13.6. The van der Waals surface area contributed by atoms with Crippen LogP contribution in [-0.2, 0) is 24.5 Å². The summed E-state index contributed by atoms with van der Waals surface area (Å²) in [6.07, 6.45) is 0.477. The molecule has 5 rings (SSSR count). The Bertz CT molecular complexity index is 1300. The first-order chi connectivity index (χ1) is 18.7. The van der Waals surface area contributed by atoms with Gasteiger partial charge in [-0.2, -0.15) is 0 Å². The molecule has 1 spiro atoms. The number of ether oxygens (including phenoxy) is 4. The molecule has 1 saturated heterocycles. The molecule has 0 saturated carbocycles. The summed E-state index contributed by atoms with van der Waals surface area (Å²) in [5.41, 5.74) is 5.77. The van der Waals surface area contributed by atoms with Crippen molar-refractivity contribution in [1.29, 1.82) is 0 Å². The molecule has 2 aliphatic heterocycles. The SMILES string of the molecule is COc1ccc(C)c2c1O[C@H]1C(OC(=O)[C@@H](OC(=O)CCN)c3ccccc3)=CC[C@@]3(O)[C@@H](C)N(C)CC[C@]213. The molecule has 0 aromatic heterocycles. The van der Waals surface area contributed by atoms with E-state index >= 15 is 0 Å². The maximum Gasteiger partial charge on any atom is 0.357 e. The first-order valence-corrected chi connectivity index (χ1v) is 13.3. The summed E-state index contributed by atoms with van der Waals surface area (Å²) in [7, 11) is 3.58. The zero-order valence-corrected chi connectivity index (χ0v) is 22.8.